The topological polar surface area (TPSA) is 38.3 Å². The number of ether oxygens (including phenoxy) is 1. The number of carbonyl (C=O) groups excluding carboxylic acids is 1. The third-order valence-electron chi connectivity index (χ3n) is 4.88. The zero-order chi connectivity index (χ0) is 16.1. The summed E-state index contributed by atoms with van der Waals surface area (Å²) in [6.45, 7) is 0.695. The van der Waals surface area contributed by atoms with E-state index >= 15 is 0 Å². The largest absolute Gasteiger partial charge is 0.496 e. The van der Waals surface area contributed by atoms with Crippen LogP contribution >= 0.6 is 11.3 Å². The average Bonchev–Trinajstić information content (AvgIpc) is 3.16. The van der Waals surface area contributed by atoms with E-state index in [-0.39, 0.29) is 11.3 Å². The molecule has 3 nitrogen and oxygen atoms in total. The summed E-state index contributed by atoms with van der Waals surface area (Å²) in [5.41, 5.74) is 2.07. The van der Waals surface area contributed by atoms with Gasteiger partial charge in [-0.2, -0.15) is 11.3 Å². The summed E-state index contributed by atoms with van der Waals surface area (Å²) >= 11 is 1.74. The molecule has 0 aliphatic heterocycles. The van der Waals surface area contributed by atoms with Crippen molar-refractivity contribution in [1.82, 2.24) is 5.32 Å². The van der Waals surface area contributed by atoms with E-state index in [1.165, 1.54) is 24.8 Å². The molecule has 122 valence electrons. The van der Waals surface area contributed by atoms with Gasteiger partial charge in [0, 0.05) is 12.0 Å². The highest BCUT2D eigenvalue weighted by molar-refractivity contribution is 7.08. The molecule has 1 aromatic heterocycles. The van der Waals surface area contributed by atoms with E-state index in [4.69, 9.17) is 4.74 Å². The Balaban J connectivity index is 1.75. The fourth-order valence-electron chi connectivity index (χ4n) is 3.54. The Labute approximate surface area is 141 Å². The monoisotopic (exact) mass is 329 g/mol. The molecule has 1 heterocycles. The third kappa shape index (κ3) is 3.42. The van der Waals surface area contributed by atoms with Gasteiger partial charge < -0.3 is 10.1 Å². The second kappa shape index (κ2) is 7.18. The Morgan fingerprint density at radius 3 is 2.70 bits per heavy atom. The molecule has 0 bridgehead atoms. The predicted molar refractivity (Wildman–Crippen MR) is 94.4 cm³/mol. The van der Waals surface area contributed by atoms with Crippen LogP contribution in [0.1, 0.15) is 48.0 Å². The Kier molecular flexibility index (Phi) is 5.01. The summed E-state index contributed by atoms with van der Waals surface area (Å²) < 4.78 is 5.30. The van der Waals surface area contributed by atoms with Crippen molar-refractivity contribution in [2.24, 2.45) is 0 Å². The minimum Gasteiger partial charge on any atom is -0.496 e. The maximum Gasteiger partial charge on any atom is 0.255 e. The van der Waals surface area contributed by atoms with Crippen LogP contribution in [0.25, 0.3) is 0 Å². The highest BCUT2D eigenvalue weighted by atomic mass is 32.1. The van der Waals surface area contributed by atoms with Crippen molar-refractivity contribution >= 4 is 17.2 Å². The molecule has 0 saturated heterocycles. The van der Waals surface area contributed by atoms with Crippen LogP contribution in [0.4, 0.5) is 0 Å². The molecule has 1 N–H and O–H groups in total. The molecule has 4 heteroatoms. The van der Waals surface area contributed by atoms with Gasteiger partial charge in [-0.25, -0.2) is 0 Å². The van der Waals surface area contributed by atoms with Gasteiger partial charge >= 0.3 is 0 Å². The number of hydrogen-bond donors (Lipinski definition) is 1. The molecule has 3 rings (SSSR count). The number of benzene rings is 1. The van der Waals surface area contributed by atoms with Crippen molar-refractivity contribution in [2.75, 3.05) is 13.7 Å². The lowest BCUT2D eigenvalue weighted by Crippen LogP contribution is -2.42. The SMILES string of the molecule is COc1ccccc1C(=O)NCC1(c2ccsc2)CCCCC1. The lowest BCUT2D eigenvalue weighted by Gasteiger charge is -2.37. The standard InChI is InChI=1S/C19H23NO2S/c1-22-17-8-4-3-7-16(17)18(21)20-14-19(10-5-2-6-11-19)15-9-12-23-13-15/h3-4,7-9,12-13H,2,5-6,10-11,14H2,1H3,(H,20,21). The molecule has 1 amide bonds. The maximum atomic E-state index is 12.6. The average molecular weight is 329 g/mol. The molecule has 0 atom stereocenters. The fraction of sp³-hybridized carbons (Fsp3) is 0.421. The highest BCUT2D eigenvalue weighted by Crippen LogP contribution is 2.40. The zero-order valence-electron chi connectivity index (χ0n) is 13.5. The summed E-state index contributed by atoms with van der Waals surface area (Å²) in [5.74, 6) is 0.570. The Bertz CT molecular complexity index is 645. The van der Waals surface area contributed by atoms with Crippen molar-refractivity contribution in [3.8, 4) is 5.75 Å². The maximum absolute atomic E-state index is 12.6. The second-order valence-corrected chi connectivity index (χ2v) is 7.02. The molecule has 1 aliphatic rings. The van der Waals surface area contributed by atoms with Crippen LogP contribution < -0.4 is 10.1 Å². The van der Waals surface area contributed by atoms with Crippen molar-refractivity contribution in [1.29, 1.82) is 0 Å². The first-order valence-corrected chi connectivity index (χ1v) is 9.13. The first-order chi connectivity index (χ1) is 11.2. The molecule has 1 aromatic carbocycles. The number of thiophene rings is 1. The quantitative estimate of drug-likeness (QED) is 0.883. The Morgan fingerprint density at radius 2 is 2.00 bits per heavy atom. The Hall–Kier alpha value is -1.81. The predicted octanol–water partition coefficient (Wildman–Crippen LogP) is 4.39. The number of nitrogens with one attached hydrogen (secondary N) is 1. The third-order valence-corrected chi connectivity index (χ3v) is 5.57. The van der Waals surface area contributed by atoms with E-state index in [1.807, 2.05) is 24.3 Å². The minimum absolute atomic E-state index is 0.0531. The van der Waals surface area contributed by atoms with Crippen molar-refractivity contribution in [3.05, 3.63) is 52.2 Å². The second-order valence-electron chi connectivity index (χ2n) is 6.24. The lowest BCUT2D eigenvalue weighted by molar-refractivity contribution is 0.0933. The van der Waals surface area contributed by atoms with Gasteiger partial charge in [0.25, 0.3) is 5.91 Å². The fourth-order valence-corrected chi connectivity index (χ4v) is 4.32. The van der Waals surface area contributed by atoms with E-state index in [1.54, 1.807) is 18.4 Å². The summed E-state index contributed by atoms with van der Waals surface area (Å²) in [5, 5.41) is 7.53. The number of methoxy groups -OCH3 is 1. The molecular weight excluding hydrogens is 306 g/mol. The van der Waals surface area contributed by atoms with Gasteiger partial charge in [-0.15, -0.1) is 0 Å². The van der Waals surface area contributed by atoms with Gasteiger partial charge in [0.2, 0.25) is 0 Å². The van der Waals surface area contributed by atoms with Gasteiger partial charge in [-0.3, -0.25) is 4.79 Å². The van der Waals surface area contributed by atoms with Gasteiger partial charge in [-0.1, -0.05) is 31.4 Å². The van der Waals surface area contributed by atoms with Crippen molar-refractivity contribution < 1.29 is 9.53 Å². The lowest BCUT2D eigenvalue weighted by atomic mass is 9.70. The van der Waals surface area contributed by atoms with E-state index < -0.39 is 0 Å². The number of hydrogen-bond acceptors (Lipinski definition) is 3. The van der Waals surface area contributed by atoms with Gasteiger partial charge in [0.1, 0.15) is 5.75 Å². The van der Waals surface area contributed by atoms with Crippen molar-refractivity contribution in [3.63, 3.8) is 0 Å². The van der Waals surface area contributed by atoms with Crippen LogP contribution in [-0.4, -0.2) is 19.6 Å². The molecule has 0 radical (unpaired) electrons. The highest BCUT2D eigenvalue weighted by Gasteiger charge is 2.34. The molecule has 0 spiro atoms. The summed E-state index contributed by atoms with van der Waals surface area (Å²) in [6, 6.07) is 9.60. The van der Waals surface area contributed by atoms with Crippen LogP contribution in [0, 0.1) is 0 Å². The first-order valence-electron chi connectivity index (χ1n) is 8.19. The van der Waals surface area contributed by atoms with E-state index in [2.05, 4.69) is 22.1 Å². The van der Waals surface area contributed by atoms with Crippen molar-refractivity contribution in [2.45, 2.75) is 37.5 Å². The van der Waals surface area contributed by atoms with E-state index in [0.29, 0.717) is 17.9 Å². The van der Waals surface area contributed by atoms with Crippen LogP contribution in [0.5, 0.6) is 5.75 Å². The van der Waals surface area contributed by atoms with Crippen LogP contribution in [-0.2, 0) is 5.41 Å². The van der Waals surface area contributed by atoms with E-state index in [0.717, 1.165) is 12.8 Å². The molecule has 23 heavy (non-hydrogen) atoms. The van der Waals surface area contributed by atoms with Crippen LogP contribution in [0.3, 0.4) is 0 Å². The van der Waals surface area contributed by atoms with Crippen LogP contribution in [0.15, 0.2) is 41.1 Å². The Morgan fingerprint density at radius 1 is 1.22 bits per heavy atom. The molecule has 1 saturated carbocycles. The van der Waals surface area contributed by atoms with Gasteiger partial charge in [0.05, 0.1) is 12.7 Å². The minimum atomic E-state index is -0.0531. The summed E-state index contributed by atoms with van der Waals surface area (Å²) in [4.78, 5) is 12.6. The number of para-hydroxylation sites is 1. The van der Waals surface area contributed by atoms with Gasteiger partial charge in [0.15, 0.2) is 0 Å². The van der Waals surface area contributed by atoms with E-state index in [9.17, 15) is 4.79 Å². The van der Waals surface area contributed by atoms with Crippen LogP contribution in [0.2, 0.25) is 0 Å². The summed E-state index contributed by atoms with van der Waals surface area (Å²) in [6.07, 6.45) is 6.07. The molecule has 0 unspecified atom stereocenters. The normalized spacial score (nSPS) is 16.7. The zero-order valence-corrected chi connectivity index (χ0v) is 14.3. The molecule has 1 fully saturated rings. The smallest absolute Gasteiger partial charge is 0.255 e. The molecule has 2 aromatic rings. The number of rotatable bonds is 5. The number of amides is 1. The number of carbonyl (C=O) groups is 1. The molecular formula is C19H23NO2S. The summed E-state index contributed by atoms with van der Waals surface area (Å²) in [7, 11) is 1.60. The first kappa shape index (κ1) is 16.1. The molecule has 1 aliphatic carbocycles. The van der Waals surface area contributed by atoms with Gasteiger partial charge in [-0.05, 0) is 47.4 Å².